The molecule has 1 aliphatic rings. The molecule has 1 heterocycles. The highest BCUT2D eigenvalue weighted by Crippen LogP contribution is 1.99. The summed E-state index contributed by atoms with van der Waals surface area (Å²) in [6.45, 7) is 0.915. The summed E-state index contributed by atoms with van der Waals surface area (Å²) in [5, 5.41) is 8.35. The van der Waals surface area contributed by atoms with E-state index in [0.717, 1.165) is 19.4 Å². The van der Waals surface area contributed by atoms with Crippen LogP contribution in [0, 0.1) is 0 Å². The van der Waals surface area contributed by atoms with Gasteiger partial charge in [-0.15, -0.1) is 0 Å². The Balaban J connectivity index is 2.32. The van der Waals surface area contributed by atoms with Crippen molar-refractivity contribution < 1.29 is 5.21 Å². The van der Waals surface area contributed by atoms with Crippen molar-refractivity contribution in [1.82, 2.24) is 5.48 Å². The minimum atomic E-state index is 0.101. The molecule has 1 unspecified atom stereocenters. The topological polar surface area (TPSA) is 44.6 Å². The van der Waals surface area contributed by atoms with Gasteiger partial charge >= 0.3 is 0 Å². The van der Waals surface area contributed by atoms with Gasteiger partial charge in [0, 0.05) is 12.8 Å². The van der Waals surface area contributed by atoms with Gasteiger partial charge in [-0.1, -0.05) is 0 Å². The van der Waals surface area contributed by atoms with Crippen molar-refractivity contribution in [2.75, 3.05) is 6.54 Å². The Morgan fingerprint density at radius 2 is 2.62 bits per heavy atom. The van der Waals surface area contributed by atoms with E-state index < -0.39 is 0 Å². The van der Waals surface area contributed by atoms with Crippen molar-refractivity contribution in [3.8, 4) is 0 Å². The molecule has 0 aromatic heterocycles. The molecule has 0 amide bonds. The monoisotopic (exact) mass is 114 g/mol. The zero-order chi connectivity index (χ0) is 5.82. The van der Waals surface area contributed by atoms with Crippen LogP contribution in [-0.4, -0.2) is 24.0 Å². The lowest BCUT2D eigenvalue weighted by Gasteiger charge is -2.11. The van der Waals surface area contributed by atoms with Crippen LogP contribution in [0.1, 0.15) is 12.8 Å². The Hall–Kier alpha value is -0.410. The predicted molar refractivity (Wildman–Crippen MR) is 31.3 cm³/mol. The molecule has 3 nitrogen and oxygen atoms in total. The standard InChI is InChI=1S/C5H10N2O/c8-7-5-2-1-3-6-4-5/h4-5,7-8H,1-3H2. The SMILES string of the molecule is ONC1C=NCCC1. The molecule has 1 rings (SSSR count). The van der Waals surface area contributed by atoms with Gasteiger partial charge < -0.3 is 5.21 Å². The third-order valence-electron chi connectivity index (χ3n) is 1.25. The lowest BCUT2D eigenvalue weighted by atomic mass is 10.1. The summed E-state index contributed by atoms with van der Waals surface area (Å²) < 4.78 is 0. The molecule has 2 N–H and O–H groups in total. The van der Waals surface area contributed by atoms with Gasteiger partial charge in [0.05, 0.1) is 6.04 Å². The number of hydrogen-bond donors (Lipinski definition) is 2. The first-order valence-corrected chi connectivity index (χ1v) is 2.83. The lowest BCUT2D eigenvalue weighted by Crippen LogP contribution is -2.29. The Labute approximate surface area is 48.4 Å². The maximum atomic E-state index is 8.35. The fraction of sp³-hybridized carbons (Fsp3) is 0.800. The minimum Gasteiger partial charge on any atom is -0.316 e. The first-order valence-electron chi connectivity index (χ1n) is 2.83. The molecule has 0 aromatic carbocycles. The highest BCUT2D eigenvalue weighted by atomic mass is 16.5. The van der Waals surface area contributed by atoms with Gasteiger partial charge in [0.1, 0.15) is 0 Å². The van der Waals surface area contributed by atoms with E-state index in [1.54, 1.807) is 6.21 Å². The van der Waals surface area contributed by atoms with Crippen molar-refractivity contribution in [2.45, 2.75) is 18.9 Å². The maximum absolute atomic E-state index is 8.35. The Morgan fingerprint density at radius 1 is 1.75 bits per heavy atom. The predicted octanol–water partition coefficient (Wildman–Crippen LogP) is 0.198. The van der Waals surface area contributed by atoms with Crippen LogP contribution in [-0.2, 0) is 0 Å². The van der Waals surface area contributed by atoms with Gasteiger partial charge in [0.25, 0.3) is 0 Å². The van der Waals surface area contributed by atoms with Gasteiger partial charge in [0.2, 0.25) is 0 Å². The summed E-state index contributed by atoms with van der Waals surface area (Å²) in [5.74, 6) is 0. The molecule has 1 aliphatic heterocycles. The third-order valence-corrected chi connectivity index (χ3v) is 1.25. The molecular weight excluding hydrogens is 104 g/mol. The number of rotatable bonds is 1. The molecular formula is C5H10N2O. The molecule has 0 fully saturated rings. The van der Waals surface area contributed by atoms with Crippen molar-refractivity contribution in [3.63, 3.8) is 0 Å². The van der Waals surface area contributed by atoms with Crippen LogP contribution in [0.2, 0.25) is 0 Å². The quantitative estimate of drug-likeness (QED) is 0.478. The van der Waals surface area contributed by atoms with Gasteiger partial charge in [0.15, 0.2) is 0 Å². The molecule has 0 aliphatic carbocycles. The van der Waals surface area contributed by atoms with E-state index in [-0.39, 0.29) is 6.04 Å². The van der Waals surface area contributed by atoms with Crippen LogP contribution in [0.5, 0.6) is 0 Å². The Bertz CT molecular complexity index is 92.4. The van der Waals surface area contributed by atoms with Crippen LogP contribution in [0.4, 0.5) is 0 Å². The van der Waals surface area contributed by atoms with Crippen molar-refractivity contribution in [1.29, 1.82) is 0 Å². The third kappa shape index (κ3) is 1.28. The number of nitrogens with zero attached hydrogens (tertiary/aromatic N) is 1. The lowest BCUT2D eigenvalue weighted by molar-refractivity contribution is 0.146. The summed E-state index contributed by atoms with van der Waals surface area (Å²) in [7, 11) is 0. The van der Waals surface area contributed by atoms with Crippen LogP contribution in [0.25, 0.3) is 0 Å². The maximum Gasteiger partial charge on any atom is 0.0667 e. The smallest absolute Gasteiger partial charge is 0.0667 e. The van der Waals surface area contributed by atoms with Gasteiger partial charge in [-0.05, 0) is 12.8 Å². The van der Waals surface area contributed by atoms with Crippen LogP contribution >= 0.6 is 0 Å². The Morgan fingerprint density at radius 3 is 3.00 bits per heavy atom. The van der Waals surface area contributed by atoms with Crippen molar-refractivity contribution >= 4 is 6.21 Å². The second kappa shape index (κ2) is 2.79. The first kappa shape index (κ1) is 5.72. The minimum absolute atomic E-state index is 0.101. The average molecular weight is 114 g/mol. The largest absolute Gasteiger partial charge is 0.316 e. The zero-order valence-corrected chi connectivity index (χ0v) is 4.67. The molecule has 46 valence electrons. The van der Waals surface area contributed by atoms with Crippen molar-refractivity contribution in [3.05, 3.63) is 0 Å². The highest BCUT2D eigenvalue weighted by Gasteiger charge is 2.05. The number of hydrogen-bond acceptors (Lipinski definition) is 3. The first-order chi connectivity index (χ1) is 3.93. The second-order valence-corrected chi connectivity index (χ2v) is 1.93. The number of aliphatic imine (C=N–C) groups is 1. The van der Waals surface area contributed by atoms with E-state index in [0.29, 0.717) is 0 Å². The van der Waals surface area contributed by atoms with E-state index in [1.165, 1.54) is 0 Å². The molecule has 0 aromatic rings. The molecule has 0 saturated carbocycles. The van der Waals surface area contributed by atoms with E-state index in [4.69, 9.17) is 5.21 Å². The molecule has 8 heavy (non-hydrogen) atoms. The van der Waals surface area contributed by atoms with E-state index >= 15 is 0 Å². The summed E-state index contributed by atoms with van der Waals surface area (Å²) in [4.78, 5) is 3.98. The second-order valence-electron chi connectivity index (χ2n) is 1.93. The van der Waals surface area contributed by atoms with E-state index in [2.05, 4.69) is 10.5 Å². The molecule has 0 saturated heterocycles. The van der Waals surface area contributed by atoms with E-state index in [1.807, 2.05) is 0 Å². The zero-order valence-electron chi connectivity index (χ0n) is 4.67. The Kier molecular flexibility index (Phi) is 2.00. The normalized spacial score (nSPS) is 28.4. The highest BCUT2D eigenvalue weighted by molar-refractivity contribution is 5.64. The summed E-state index contributed by atoms with van der Waals surface area (Å²) in [5.41, 5.74) is 2.15. The van der Waals surface area contributed by atoms with Gasteiger partial charge in [-0.25, -0.2) is 0 Å². The van der Waals surface area contributed by atoms with Crippen molar-refractivity contribution in [2.24, 2.45) is 4.99 Å². The summed E-state index contributed by atoms with van der Waals surface area (Å²) in [6, 6.07) is 0.101. The molecule has 0 spiro atoms. The fourth-order valence-electron chi connectivity index (χ4n) is 0.777. The molecule has 0 radical (unpaired) electrons. The number of nitrogens with one attached hydrogen (secondary N) is 1. The average Bonchev–Trinajstić information content (AvgIpc) is 1.90. The molecule has 1 atom stereocenters. The summed E-state index contributed by atoms with van der Waals surface area (Å²) in [6.07, 6.45) is 3.83. The molecule has 3 heteroatoms. The van der Waals surface area contributed by atoms with Crippen LogP contribution in [0.3, 0.4) is 0 Å². The van der Waals surface area contributed by atoms with Gasteiger partial charge in [-0.3, -0.25) is 4.99 Å². The van der Waals surface area contributed by atoms with E-state index in [9.17, 15) is 0 Å². The van der Waals surface area contributed by atoms with Crippen LogP contribution < -0.4 is 5.48 Å². The number of hydroxylamine groups is 1. The summed E-state index contributed by atoms with van der Waals surface area (Å²) >= 11 is 0. The van der Waals surface area contributed by atoms with Crippen LogP contribution in [0.15, 0.2) is 4.99 Å². The molecule has 0 bridgehead atoms. The van der Waals surface area contributed by atoms with Gasteiger partial charge in [-0.2, -0.15) is 5.48 Å². The fourth-order valence-corrected chi connectivity index (χ4v) is 0.777.